The summed E-state index contributed by atoms with van der Waals surface area (Å²) in [7, 11) is 1.75. The molecule has 126 valence electrons. The van der Waals surface area contributed by atoms with Crippen LogP contribution in [0.3, 0.4) is 0 Å². The number of thiophene rings is 1. The topological polar surface area (TPSA) is 49.9 Å². The number of carbonyl (C=O) groups is 2. The van der Waals surface area contributed by atoms with Crippen LogP contribution in [0.4, 0.5) is 5.69 Å². The van der Waals surface area contributed by atoms with Gasteiger partial charge in [-0.3, -0.25) is 14.5 Å². The fraction of sp³-hybridized carbons (Fsp3) is 0.294. The van der Waals surface area contributed by atoms with E-state index >= 15 is 0 Å². The lowest BCUT2D eigenvalue weighted by atomic mass is 10.2. The van der Waals surface area contributed by atoms with E-state index in [9.17, 15) is 9.59 Å². The number of anilines is 1. The van der Waals surface area contributed by atoms with Crippen molar-refractivity contribution in [3.63, 3.8) is 0 Å². The van der Waals surface area contributed by atoms with E-state index < -0.39 is 0 Å². The third-order valence-electron chi connectivity index (χ3n) is 3.77. The van der Waals surface area contributed by atoms with Crippen molar-refractivity contribution in [3.05, 3.63) is 45.1 Å². The van der Waals surface area contributed by atoms with Gasteiger partial charge in [-0.15, -0.1) is 11.3 Å². The molecule has 1 aromatic carbocycles. The molecule has 1 aliphatic rings. The minimum atomic E-state index is -0.107. The molecule has 5 nitrogen and oxygen atoms in total. The fourth-order valence-electron chi connectivity index (χ4n) is 2.51. The highest BCUT2D eigenvalue weighted by Crippen LogP contribution is 2.31. The Hall–Kier alpha value is -1.86. The highest BCUT2D eigenvalue weighted by Gasteiger charge is 2.26. The first-order valence-electron chi connectivity index (χ1n) is 7.55. The van der Waals surface area contributed by atoms with Crippen LogP contribution in [0.5, 0.6) is 5.75 Å². The molecule has 7 heteroatoms. The number of benzene rings is 1. The maximum absolute atomic E-state index is 12.6. The molecule has 2 amide bonds. The molecule has 1 aliphatic heterocycles. The van der Waals surface area contributed by atoms with E-state index in [1.165, 1.54) is 4.90 Å². The first-order valence-corrected chi connectivity index (χ1v) is 9.16. The van der Waals surface area contributed by atoms with Gasteiger partial charge in [-0.05, 0) is 40.2 Å². The summed E-state index contributed by atoms with van der Waals surface area (Å²) in [5, 5.41) is 0. The standard InChI is InChI=1S/C17H17BrN2O3S/c1-19(10-12-6-7-15(18)24-12)17(22)11-20-13-4-2-3-5-14(13)23-9-8-16(20)21/h2-7H,8-11H2,1H3. The van der Waals surface area contributed by atoms with Gasteiger partial charge in [0.1, 0.15) is 12.3 Å². The smallest absolute Gasteiger partial charge is 0.242 e. The number of rotatable bonds is 4. The minimum Gasteiger partial charge on any atom is -0.491 e. The zero-order valence-corrected chi connectivity index (χ0v) is 15.6. The quantitative estimate of drug-likeness (QED) is 0.779. The SMILES string of the molecule is CN(Cc1ccc(Br)s1)C(=O)CN1C(=O)CCOc2ccccc21. The lowest BCUT2D eigenvalue weighted by Crippen LogP contribution is -2.41. The highest BCUT2D eigenvalue weighted by atomic mass is 79.9. The maximum Gasteiger partial charge on any atom is 0.242 e. The van der Waals surface area contributed by atoms with Crippen LogP contribution >= 0.6 is 27.3 Å². The number of carbonyl (C=O) groups excluding carboxylic acids is 2. The Balaban J connectivity index is 1.73. The van der Waals surface area contributed by atoms with E-state index in [2.05, 4.69) is 15.9 Å². The molecule has 0 radical (unpaired) electrons. The normalized spacial score (nSPS) is 13.9. The molecule has 3 rings (SSSR count). The van der Waals surface area contributed by atoms with Gasteiger partial charge in [-0.1, -0.05) is 12.1 Å². The second-order valence-electron chi connectivity index (χ2n) is 5.50. The Morgan fingerprint density at radius 2 is 2.12 bits per heavy atom. The number of likely N-dealkylation sites (N-methyl/N-ethyl adjacent to an activating group) is 1. The number of hydrogen-bond acceptors (Lipinski definition) is 4. The Labute approximate surface area is 153 Å². The summed E-state index contributed by atoms with van der Waals surface area (Å²) in [5.41, 5.74) is 0.653. The van der Waals surface area contributed by atoms with Crippen molar-refractivity contribution < 1.29 is 14.3 Å². The summed E-state index contributed by atoms with van der Waals surface area (Å²) in [6, 6.07) is 11.3. The van der Waals surface area contributed by atoms with Crippen LogP contribution in [-0.4, -0.2) is 36.9 Å². The van der Waals surface area contributed by atoms with Crippen molar-refractivity contribution >= 4 is 44.8 Å². The molecule has 2 heterocycles. The molecule has 0 saturated heterocycles. The third-order valence-corrected chi connectivity index (χ3v) is 5.38. The Kier molecular flexibility index (Phi) is 5.20. The van der Waals surface area contributed by atoms with Crippen molar-refractivity contribution in [1.29, 1.82) is 0 Å². The first-order chi connectivity index (χ1) is 11.5. The van der Waals surface area contributed by atoms with Crippen LogP contribution in [-0.2, 0) is 16.1 Å². The number of hydrogen-bond donors (Lipinski definition) is 0. The van der Waals surface area contributed by atoms with Crippen LogP contribution in [0.15, 0.2) is 40.2 Å². The van der Waals surface area contributed by atoms with Gasteiger partial charge >= 0.3 is 0 Å². The van der Waals surface area contributed by atoms with Crippen LogP contribution in [0.2, 0.25) is 0 Å². The number of halogens is 1. The lowest BCUT2D eigenvalue weighted by molar-refractivity contribution is -0.130. The summed E-state index contributed by atoms with van der Waals surface area (Å²) in [4.78, 5) is 29.2. The predicted octanol–water partition coefficient (Wildman–Crippen LogP) is 3.28. The molecule has 1 aromatic heterocycles. The second kappa shape index (κ2) is 7.36. The molecule has 0 saturated carbocycles. The van der Waals surface area contributed by atoms with Crippen molar-refractivity contribution in [2.75, 3.05) is 25.1 Å². The highest BCUT2D eigenvalue weighted by molar-refractivity contribution is 9.11. The molecule has 0 atom stereocenters. The van der Waals surface area contributed by atoms with Gasteiger partial charge in [-0.25, -0.2) is 0 Å². The van der Waals surface area contributed by atoms with Gasteiger partial charge in [0.05, 0.1) is 29.0 Å². The molecule has 0 bridgehead atoms. The van der Waals surface area contributed by atoms with Gasteiger partial charge in [-0.2, -0.15) is 0 Å². The van der Waals surface area contributed by atoms with Gasteiger partial charge in [0.2, 0.25) is 11.8 Å². The lowest BCUT2D eigenvalue weighted by Gasteiger charge is -2.24. The van der Waals surface area contributed by atoms with Crippen molar-refractivity contribution in [3.8, 4) is 5.75 Å². The number of nitrogens with zero attached hydrogens (tertiary/aromatic N) is 2. The minimum absolute atomic E-state index is 0.0161. The van der Waals surface area contributed by atoms with Crippen LogP contribution < -0.4 is 9.64 Å². The van der Waals surface area contributed by atoms with Crippen molar-refractivity contribution in [2.45, 2.75) is 13.0 Å². The largest absolute Gasteiger partial charge is 0.491 e. The van der Waals surface area contributed by atoms with Gasteiger partial charge in [0.15, 0.2) is 0 Å². The molecule has 0 N–H and O–H groups in total. The molecule has 0 aliphatic carbocycles. The molecular formula is C17H17BrN2O3S. The summed E-state index contributed by atoms with van der Waals surface area (Å²) in [6.45, 7) is 0.872. The molecule has 2 aromatic rings. The summed E-state index contributed by atoms with van der Waals surface area (Å²) >= 11 is 5.02. The fourth-order valence-corrected chi connectivity index (χ4v) is 4.04. The van der Waals surface area contributed by atoms with Crippen LogP contribution in [0.1, 0.15) is 11.3 Å². The summed E-state index contributed by atoms with van der Waals surface area (Å²) in [5.74, 6) is 0.436. The Morgan fingerprint density at radius 3 is 2.88 bits per heavy atom. The van der Waals surface area contributed by atoms with E-state index in [-0.39, 0.29) is 24.8 Å². The number of fused-ring (bicyclic) bond motifs is 1. The van der Waals surface area contributed by atoms with E-state index in [0.29, 0.717) is 24.6 Å². The Morgan fingerprint density at radius 1 is 1.33 bits per heavy atom. The van der Waals surface area contributed by atoms with E-state index in [0.717, 1.165) is 8.66 Å². The first kappa shape index (κ1) is 17.0. The number of para-hydroxylation sites is 2. The van der Waals surface area contributed by atoms with Gasteiger partial charge in [0, 0.05) is 11.9 Å². The monoisotopic (exact) mass is 408 g/mol. The summed E-state index contributed by atoms with van der Waals surface area (Å²) < 4.78 is 6.63. The number of ether oxygens (including phenoxy) is 1. The van der Waals surface area contributed by atoms with Crippen LogP contribution in [0, 0.1) is 0 Å². The molecule has 24 heavy (non-hydrogen) atoms. The molecule has 0 fully saturated rings. The van der Waals surface area contributed by atoms with Crippen molar-refractivity contribution in [2.24, 2.45) is 0 Å². The molecule has 0 unspecified atom stereocenters. The van der Waals surface area contributed by atoms with Crippen molar-refractivity contribution in [1.82, 2.24) is 4.90 Å². The zero-order valence-electron chi connectivity index (χ0n) is 13.2. The number of amides is 2. The van der Waals surface area contributed by atoms with Gasteiger partial charge in [0.25, 0.3) is 0 Å². The average Bonchev–Trinajstić information content (AvgIpc) is 2.90. The van der Waals surface area contributed by atoms with E-state index in [4.69, 9.17) is 4.74 Å². The molecule has 0 spiro atoms. The summed E-state index contributed by atoms with van der Waals surface area (Å²) in [6.07, 6.45) is 0.267. The predicted molar refractivity (Wildman–Crippen MR) is 97.4 cm³/mol. The molecular weight excluding hydrogens is 392 g/mol. The second-order valence-corrected chi connectivity index (χ2v) is 8.05. The Bertz CT molecular complexity index is 762. The zero-order chi connectivity index (χ0) is 17.1. The van der Waals surface area contributed by atoms with Gasteiger partial charge < -0.3 is 9.64 Å². The maximum atomic E-state index is 12.6. The third kappa shape index (κ3) is 3.79. The average molecular weight is 409 g/mol. The van der Waals surface area contributed by atoms with Crippen LogP contribution in [0.25, 0.3) is 0 Å². The van der Waals surface area contributed by atoms with E-state index in [1.807, 2.05) is 36.4 Å². The van der Waals surface area contributed by atoms with E-state index in [1.54, 1.807) is 23.3 Å².